The van der Waals surface area contributed by atoms with Crippen molar-refractivity contribution in [2.75, 3.05) is 26.2 Å². The molecule has 1 aromatic heterocycles. The van der Waals surface area contributed by atoms with E-state index in [1.54, 1.807) is 10.9 Å². The fourth-order valence-corrected chi connectivity index (χ4v) is 2.99. The van der Waals surface area contributed by atoms with Crippen LogP contribution in [0.3, 0.4) is 0 Å². The molecule has 0 bridgehead atoms. The van der Waals surface area contributed by atoms with Crippen molar-refractivity contribution in [2.45, 2.75) is 32.1 Å². The molecule has 130 valence electrons. The number of benzene rings is 1. The van der Waals surface area contributed by atoms with Gasteiger partial charge in [0.1, 0.15) is 12.7 Å². The molecule has 2 heterocycles. The average molecular weight is 331 g/mol. The molecular weight excluding hydrogens is 306 g/mol. The number of aliphatic hydroxyl groups excluding tert-OH is 1. The molecule has 24 heavy (non-hydrogen) atoms. The molecule has 0 fully saturated rings. The number of fused-ring (bicyclic) bond motifs is 1. The molecule has 1 N–H and O–H groups in total. The van der Waals surface area contributed by atoms with E-state index in [1.807, 2.05) is 36.5 Å². The van der Waals surface area contributed by atoms with Gasteiger partial charge in [0.25, 0.3) is 0 Å². The molecule has 1 aliphatic rings. The van der Waals surface area contributed by atoms with Gasteiger partial charge in [0.05, 0.1) is 12.6 Å². The van der Waals surface area contributed by atoms with Gasteiger partial charge in [-0.2, -0.15) is 5.10 Å². The van der Waals surface area contributed by atoms with Crippen LogP contribution in [0.25, 0.3) is 0 Å². The van der Waals surface area contributed by atoms with Crippen molar-refractivity contribution in [2.24, 2.45) is 0 Å². The molecular formula is C18H25N3O3. The molecule has 0 amide bonds. The van der Waals surface area contributed by atoms with Gasteiger partial charge >= 0.3 is 0 Å². The van der Waals surface area contributed by atoms with Crippen LogP contribution in [0.4, 0.5) is 0 Å². The number of hydrogen-bond acceptors (Lipinski definition) is 5. The van der Waals surface area contributed by atoms with E-state index in [2.05, 4.69) is 16.9 Å². The Kier molecular flexibility index (Phi) is 5.72. The Bertz CT molecular complexity index is 618. The number of ether oxygens (including phenoxy) is 2. The second-order valence-corrected chi connectivity index (χ2v) is 6.14. The lowest BCUT2D eigenvalue weighted by Crippen LogP contribution is -2.44. The van der Waals surface area contributed by atoms with E-state index in [9.17, 15) is 5.11 Å². The molecule has 0 aliphatic carbocycles. The smallest absolute Gasteiger partial charge is 0.161 e. The first-order valence-electron chi connectivity index (χ1n) is 8.51. The summed E-state index contributed by atoms with van der Waals surface area (Å²) in [5.74, 6) is 1.59. The van der Waals surface area contributed by atoms with Crippen molar-refractivity contribution in [3.63, 3.8) is 0 Å². The summed E-state index contributed by atoms with van der Waals surface area (Å²) in [6, 6.07) is 9.60. The Morgan fingerprint density at radius 3 is 2.92 bits per heavy atom. The first-order valence-corrected chi connectivity index (χ1v) is 8.51. The summed E-state index contributed by atoms with van der Waals surface area (Å²) >= 11 is 0. The van der Waals surface area contributed by atoms with E-state index in [0.29, 0.717) is 19.7 Å². The third-order valence-electron chi connectivity index (χ3n) is 4.00. The largest absolute Gasteiger partial charge is 0.486 e. The highest BCUT2D eigenvalue weighted by atomic mass is 16.6. The topological polar surface area (TPSA) is 59.8 Å². The molecule has 6 nitrogen and oxygen atoms in total. The zero-order chi connectivity index (χ0) is 16.8. The number of hydrogen-bond donors (Lipinski definition) is 1. The highest BCUT2D eigenvalue weighted by Crippen LogP contribution is 2.31. The number of rotatable bonds is 8. The standard InChI is InChI=1S/C18H25N3O3/c1-2-9-20(11-15(22)12-21-10-5-8-19-21)13-16-14-23-17-6-3-4-7-18(17)24-16/h3-8,10,15-16,22H,2,9,11-14H2,1H3/t15-,16+/m1/s1. The fraction of sp³-hybridized carbons (Fsp3) is 0.500. The maximum absolute atomic E-state index is 10.3. The van der Waals surface area contributed by atoms with Crippen molar-refractivity contribution in [1.82, 2.24) is 14.7 Å². The third-order valence-corrected chi connectivity index (χ3v) is 4.00. The highest BCUT2D eigenvalue weighted by molar-refractivity contribution is 5.40. The van der Waals surface area contributed by atoms with Gasteiger partial charge in [0.15, 0.2) is 11.5 Å². The molecule has 0 spiro atoms. The zero-order valence-corrected chi connectivity index (χ0v) is 14.0. The van der Waals surface area contributed by atoms with E-state index < -0.39 is 6.10 Å². The Labute approximate surface area is 142 Å². The van der Waals surface area contributed by atoms with Crippen molar-refractivity contribution >= 4 is 0 Å². The Morgan fingerprint density at radius 2 is 2.17 bits per heavy atom. The van der Waals surface area contributed by atoms with Crippen LogP contribution in [0.15, 0.2) is 42.7 Å². The number of aliphatic hydroxyl groups is 1. The lowest BCUT2D eigenvalue weighted by atomic mass is 10.2. The third kappa shape index (κ3) is 4.49. The van der Waals surface area contributed by atoms with Crippen LogP contribution in [0.2, 0.25) is 0 Å². The molecule has 0 saturated heterocycles. The molecule has 3 rings (SSSR count). The lowest BCUT2D eigenvalue weighted by Gasteiger charge is -2.32. The summed E-state index contributed by atoms with van der Waals surface area (Å²) in [5.41, 5.74) is 0. The molecule has 0 unspecified atom stereocenters. The SMILES string of the molecule is CCCN(C[C@@H](O)Cn1cccn1)C[C@H]1COc2ccccc2O1. The van der Waals surface area contributed by atoms with Gasteiger partial charge < -0.3 is 14.6 Å². The first kappa shape index (κ1) is 16.8. The second kappa shape index (κ2) is 8.17. The van der Waals surface area contributed by atoms with E-state index >= 15 is 0 Å². The number of aromatic nitrogens is 2. The van der Waals surface area contributed by atoms with Gasteiger partial charge in [-0.1, -0.05) is 19.1 Å². The normalized spacial score (nSPS) is 17.9. The van der Waals surface area contributed by atoms with E-state index in [-0.39, 0.29) is 6.10 Å². The van der Waals surface area contributed by atoms with Crippen LogP contribution in [0, 0.1) is 0 Å². The summed E-state index contributed by atoms with van der Waals surface area (Å²) in [4.78, 5) is 2.23. The summed E-state index contributed by atoms with van der Waals surface area (Å²) < 4.78 is 13.6. The van der Waals surface area contributed by atoms with Gasteiger partial charge in [0, 0.05) is 25.5 Å². The van der Waals surface area contributed by atoms with Crippen LogP contribution in [0.1, 0.15) is 13.3 Å². The lowest BCUT2D eigenvalue weighted by molar-refractivity contribution is 0.0359. The highest BCUT2D eigenvalue weighted by Gasteiger charge is 2.24. The fourth-order valence-electron chi connectivity index (χ4n) is 2.99. The number of para-hydroxylation sites is 2. The molecule has 6 heteroatoms. The zero-order valence-electron chi connectivity index (χ0n) is 14.0. The monoisotopic (exact) mass is 331 g/mol. The minimum atomic E-state index is -0.465. The van der Waals surface area contributed by atoms with E-state index in [4.69, 9.17) is 9.47 Å². The molecule has 1 aliphatic heterocycles. The first-order chi connectivity index (χ1) is 11.7. The quantitative estimate of drug-likeness (QED) is 0.799. The van der Waals surface area contributed by atoms with Crippen LogP contribution in [-0.4, -0.2) is 58.2 Å². The van der Waals surface area contributed by atoms with Crippen molar-refractivity contribution in [1.29, 1.82) is 0 Å². The average Bonchev–Trinajstić information content (AvgIpc) is 3.07. The van der Waals surface area contributed by atoms with Crippen LogP contribution < -0.4 is 9.47 Å². The predicted octanol–water partition coefficient (Wildman–Crippen LogP) is 1.80. The van der Waals surface area contributed by atoms with Crippen LogP contribution in [0.5, 0.6) is 11.5 Å². The minimum absolute atomic E-state index is 0.0247. The van der Waals surface area contributed by atoms with Crippen molar-refractivity contribution in [3.05, 3.63) is 42.7 Å². The van der Waals surface area contributed by atoms with Gasteiger partial charge in [-0.25, -0.2) is 0 Å². The molecule has 2 aromatic rings. The Hall–Kier alpha value is -2.05. The maximum atomic E-state index is 10.3. The van der Waals surface area contributed by atoms with Gasteiger partial charge in [-0.05, 0) is 31.2 Å². The summed E-state index contributed by atoms with van der Waals surface area (Å²) in [5, 5.41) is 14.5. The van der Waals surface area contributed by atoms with Crippen LogP contribution >= 0.6 is 0 Å². The molecule has 0 radical (unpaired) electrons. The van der Waals surface area contributed by atoms with Crippen molar-refractivity contribution < 1.29 is 14.6 Å². The number of nitrogens with zero attached hydrogens (tertiary/aromatic N) is 3. The van der Waals surface area contributed by atoms with Gasteiger partial charge in [-0.15, -0.1) is 0 Å². The van der Waals surface area contributed by atoms with E-state index in [0.717, 1.165) is 31.0 Å². The van der Waals surface area contributed by atoms with Gasteiger partial charge in [-0.3, -0.25) is 9.58 Å². The Balaban J connectivity index is 1.54. The molecule has 0 saturated carbocycles. The Morgan fingerprint density at radius 1 is 1.33 bits per heavy atom. The van der Waals surface area contributed by atoms with Crippen LogP contribution in [-0.2, 0) is 6.54 Å². The summed E-state index contributed by atoms with van der Waals surface area (Å²) in [6.07, 6.45) is 4.12. The molecule has 1 aromatic carbocycles. The van der Waals surface area contributed by atoms with Gasteiger partial charge in [0.2, 0.25) is 0 Å². The maximum Gasteiger partial charge on any atom is 0.161 e. The summed E-state index contributed by atoms with van der Waals surface area (Å²) in [7, 11) is 0. The van der Waals surface area contributed by atoms with E-state index in [1.165, 1.54) is 0 Å². The molecule has 2 atom stereocenters. The second-order valence-electron chi connectivity index (χ2n) is 6.14. The summed E-state index contributed by atoms with van der Waals surface area (Å²) in [6.45, 7) is 5.41. The predicted molar refractivity (Wildman–Crippen MR) is 91.3 cm³/mol. The van der Waals surface area contributed by atoms with Crippen molar-refractivity contribution in [3.8, 4) is 11.5 Å². The minimum Gasteiger partial charge on any atom is -0.486 e.